The van der Waals surface area contributed by atoms with E-state index in [1.807, 2.05) is 35.7 Å². The number of hydrogen-bond donors (Lipinski definition) is 1. The first kappa shape index (κ1) is 20.1. The average molecular weight is 448 g/mol. The van der Waals surface area contributed by atoms with Crippen molar-refractivity contribution in [1.29, 1.82) is 0 Å². The Labute approximate surface area is 181 Å². The third kappa shape index (κ3) is 4.50. The number of anilines is 1. The molecule has 0 atom stereocenters. The van der Waals surface area contributed by atoms with E-state index in [1.54, 1.807) is 17.7 Å². The largest absolute Gasteiger partial charge is 0.325 e. The topological polar surface area (TPSA) is 54.9 Å². The second-order valence-corrected chi connectivity index (χ2v) is 11.4. The second-order valence-electron chi connectivity index (χ2n) is 6.53. The molecule has 0 spiro atoms. The molecule has 146 valence electrons. The first-order valence-corrected chi connectivity index (χ1v) is 13.0. The first-order valence-electron chi connectivity index (χ1n) is 9.08. The normalized spacial score (nSPS) is 15.1. The number of fused-ring (bicyclic) bond motifs is 1. The van der Waals surface area contributed by atoms with Gasteiger partial charge < -0.3 is 5.32 Å². The van der Waals surface area contributed by atoms with E-state index in [9.17, 15) is 4.79 Å². The summed E-state index contributed by atoms with van der Waals surface area (Å²) in [6, 6.07) is 8.24. The molecule has 0 radical (unpaired) electrons. The highest BCUT2D eigenvalue weighted by Gasteiger charge is 2.17. The molecule has 0 saturated carbocycles. The third-order valence-corrected chi connectivity index (χ3v) is 9.66. The number of hydrogen-bond acceptors (Lipinski definition) is 7. The number of thioether (sulfide) groups is 3. The number of nitrogens with zero attached hydrogens (tertiary/aromatic N) is 2. The van der Waals surface area contributed by atoms with Crippen molar-refractivity contribution in [2.24, 2.45) is 0 Å². The summed E-state index contributed by atoms with van der Waals surface area (Å²) in [6.07, 6.45) is 2.86. The monoisotopic (exact) mass is 447 g/mol. The predicted molar refractivity (Wildman–Crippen MR) is 125 cm³/mol. The lowest BCUT2D eigenvalue weighted by molar-refractivity contribution is -0.113. The van der Waals surface area contributed by atoms with Crippen LogP contribution in [0, 0.1) is 13.8 Å². The van der Waals surface area contributed by atoms with Crippen molar-refractivity contribution < 1.29 is 4.79 Å². The van der Waals surface area contributed by atoms with Gasteiger partial charge >= 0.3 is 0 Å². The number of carbonyl (C=O) groups is 1. The van der Waals surface area contributed by atoms with E-state index >= 15 is 0 Å². The summed E-state index contributed by atoms with van der Waals surface area (Å²) in [4.78, 5) is 23.5. The second kappa shape index (κ2) is 9.07. The molecular formula is C20H21N3OS4. The summed E-state index contributed by atoms with van der Waals surface area (Å²) >= 11 is 7.13. The molecule has 0 unspecified atom stereocenters. The molecule has 1 aromatic carbocycles. The minimum absolute atomic E-state index is 0.0116. The fraction of sp³-hybridized carbons (Fsp3) is 0.350. The Bertz CT molecular complexity index is 998. The summed E-state index contributed by atoms with van der Waals surface area (Å²) in [5, 5.41) is 5.00. The summed E-state index contributed by atoms with van der Waals surface area (Å²) in [7, 11) is 0. The van der Waals surface area contributed by atoms with Crippen LogP contribution in [0.3, 0.4) is 0 Å². The quantitative estimate of drug-likeness (QED) is 0.388. The summed E-state index contributed by atoms with van der Waals surface area (Å²) in [6.45, 7) is 4.19. The molecule has 1 aliphatic heterocycles. The molecule has 0 bridgehead atoms. The Morgan fingerprint density at radius 2 is 2.07 bits per heavy atom. The van der Waals surface area contributed by atoms with E-state index < -0.39 is 0 Å². The lowest BCUT2D eigenvalue weighted by atomic mass is 10.2. The molecule has 4 rings (SSSR count). The molecule has 4 nitrogen and oxygen atoms in total. The molecule has 28 heavy (non-hydrogen) atoms. The molecule has 0 aliphatic carbocycles. The van der Waals surface area contributed by atoms with Crippen LogP contribution in [0.25, 0.3) is 10.2 Å². The minimum atomic E-state index is -0.0116. The maximum absolute atomic E-state index is 12.5. The molecule has 1 N–H and O–H groups in total. The third-order valence-electron chi connectivity index (χ3n) is 4.54. The van der Waals surface area contributed by atoms with E-state index in [-0.39, 0.29) is 5.91 Å². The van der Waals surface area contributed by atoms with Crippen LogP contribution in [0.5, 0.6) is 0 Å². The van der Waals surface area contributed by atoms with Crippen molar-refractivity contribution in [3.8, 4) is 0 Å². The van der Waals surface area contributed by atoms with Crippen LogP contribution in [0.4, 0.5) is 5.69 Å². The van der Waals surface area contributed by atoms with Gasteiger partial charge in [0.15, 0.2) is 0 Å². The molecule has 3 aromatic rings. The number of carbonyl (C=O) groups excluding carboxylic acids is 1. The van der Waals surface area contributed by atoms with E-state index in [0.29, 0.717) is 10.3 Å². The minimum Gasteiger partial charge on any atom is -0.325 e. The van der Waals surface area contributed by atoms with Gasteiger partial charge in [-0.3, -0.25) is 4.79 Å². The van der Waals surface area contributed by atoms with Crippen LogP contribution in [-0.4, -0.2) is 33.1 Å². The molecule has 3 heterocycles. The maximum Gasteiger partial charge on any atom is 0.234 e. The Morgan fingerprint density at radius 1 is 1.25 bits per heavy atom. The maximum atomic E-state index is 12.5. The van der Waals surface area contributed by atoms with E-state index in [2.05, 4.69) is 41.3 Å². The van der Waals surface area contributed by atoms with Gasteiger partial charge in [-0.05, 0) is 55.0 Å². The van der Waals surface area contributed by atoms with Crippen molar-refractivity contribution in [2.75, 3.05) is 22.6 Å². The highest BCUT2D eigenvalue weighted by atomic mass is 32.2. The highest BCUT2D eigenvalue weighted by molar-refractivity contribution is 8.16. The van der Waals surface area contributed by atoms with Gasteiger partial charge in [0.05, 0.1) is 10.3 Å². The average Bonchev–Trinajstić information content (AvgIpc) is 3.02. The van der Waals surface area contributed by atoms with Crippen LogP contribution in [-0.2, 0) is 4.79 Å². The van der Waals surface area contributed by atoms with E-state index in [1.165, 1.54) is 45.7 Å². The lowest BCUT2D eigenvalue weighted by Crippen LogP contribution is -2.14. The Hall–Kier alpha value is -1.22. The van der Waals surface area contributed by atoms with Crippen molar-refractivity contribution in [1.82, 2.24) is 9.97 Å². The standard InChI is InChI=1S/C20H21N3OS4/c1-12-13(2)28-19-17(12)18(21-11-22-19)27-10-16(24)23-15-6-3-5-14(9-15)20-25-7-4-8-26-20/h3,5-6,9,11,20H,4,7-8,10H2,1-2H3,(H,23,24). The van der Waals surface area contributed by atoms with Crippen LogP contribution in [0.1, 0.15) is 27.0 Å². The number of aromatic nitrogens is 2. The summed E-state index contributed by atoms with van der Waals surface area (Å²) in [5.41, 5.74) is 3.35. The van der Waals surface area contributed by atoms with Gasteiger partial charge in [-0.15, -0.1) is 34.9 Å². The first-order chi connectivity index (χ1) is 13.6. The highest BCUT2D eigenvalue weighted by Crippen LogP contribution is 2.44. The number of aryl methyl sites for hydroxylation is 2. The van der Waals surface area contributed by atoms with Crippen molar-refractivity contribution in [3.05, 3.63) is 46.6 Å². The van der Waals surface area contributed by atoms with Gasteiger partial charge in [0.2, 0.25) is 5.91 Å². The molecule has 8 heteroatoms. The Balaban J connectivity index is 1.41. The van der Waals surface area contributed by atoms with Gasteiger partial charge in [0.25, 0.3) is 0 Å². The van der Waals surface area contributed by atoms with Crippen LogP contribution in [0.15, 0.2) is 35.6 Å². The molecule has 1 amide bonds. The fourth-order valence-electron chi connectivity index (χ4n) is 3.03. The van der Waals surface area contributed by atoms with Crippen LogP contribution < -0.4 is 5.32 Å². The zero-order valence-electron chi connectivity index (χ0n) is 15.7. The zero-order chi connectivity index (χ0) is 19.5. The van der Waals surface area contributed by atoms with Crippen molar-refractivity contribution in [2.45, 2.75) is 29.9 Å². The smallest absolute Gasteiger partial charge is 0.234 e. The molecule has 1 fully saturated rings. The molecule has 1 aliphatic rings. The number of thiophene rings is 1. The van der Waals surface area contributed by atoms with E-state index in [4.69, 9.17) is 0 Å². The van der Waals surface area contributed by atoms with Gasteiger partial charge in [-0.2, -0.15) is 0 Å². The van der Waals surface area contributed by atoms with Crippen molar-refractivity contribution in [3.63, 3.8) is 0 Å². The SMILES string of the molecule is Cc1sc2ncnc(SCC(=O)Nc3cccc(C4SCCCS4)c3)c2c1C. The van der Waals surface area contributed by atoms with Gasteiger partial charge in [-0.25, -0.2) is 9.97 Å². The van der Waals surface area contributed by atoms with E-state index in [0.717, 1.165) is 20.9 Å². The van der Waals surface area contributed by atoms with Gasteiger partial charge in [-0.1, -0.05) is 23.9 Å². The number of amides is 1. The van der Waals surface area contributed by atoms with Crippen molar-refractivity contribution >= 4 is 68.4 Å². The Kier molecular flexibility index (Phi) is 6.50. The number of rotatable bonds is 5. The van der Waals surface area contributed by atoms with Gasteiger partial charge in [0.1, 0.15) is 16.2 Å². The molecule has 2 aromatic heterocycles. The fourth-order valence-corrected chi connectivity index (χ4v) is 7.82. The summed E-state index contributed by atoms with van der Waals surface area (Å²) < 4.78 is 0.471. The predicted octanol–water partition coefficient (Wildman–Crippen LogP) is 5.91. The lowest BCUT2D eigenvalue weighted by Gasteiger charge is -2.21. The van der Waals surface area contributed by atoms with Crippen LogP contribution in [0.2, 0.25) is 0 Å². The zero-order valence-corrected chi connectivity index (χ0v) is 19.0. The van der Waals surface area contributed by atoms with Crippen LogP contribution >= 0.6 is 46.6 Å². The summed E-state index contributed by atoms with van der Waals surface area (Å²) in [5.74, 6) is 2.74. The molecular weight excluding hydrogens is 427 g/mol. The molecule has 1 saturated heterocycles. The number of benzene rings is 1. The Morgan fingerprint density at radius 3 is 2.89 bits per heavy atom. The number of nitrogens with one attached hydrogen (secondary N) is 1. The van der Waals surface area contributed by atoms with Gasteiger partial charge in [0, 0.05) is 16.0 Å².